The monoisotopic (exact) mass is 343 g/mol. The molecule has 0 aliphatic carbocycles. The Morgan fingerprint density at radius 3 is 2.50 bits per heavy atom. The van der Waals surface area contributed by atoms with Crippen molar-refractivity contribution in [3.63, 3.8) is 0 Å². The summed E-state index contributed by atoms with van der Waals surface area (Å²) in [6.07, 6.45) is -0.516. The van der Waals surface area contributed by atoms with Crippen LogP contribution in [0, 0.1) is 0 Å². The zero-order chi connectivity index (χ0) is 15.3. The first-order valence-corrected chi connectivity index (χ1v) is 7.83. The average Bonchev–Trinajstić information content (AvgIpc) is 2.33. The molecule has 0 spiro atoms. The molecule has 114 valence electrons. The smallest absolute Gasteiger partial charge is 0.122 e. The molecule has 3 nitrogen and oxygen atoms in total. The van der Waals surface area contributed by atoms with Crippen LogP contribution in [0.2, 0.25) is 0 Å². The van der Waals surface area contributed by atoms with Crippen LogP contribution < -0.4 is 10.1 Å². The predicted octanol–water partition coefficient (Wildman–Crippen LogP) is 3.70. The molecule has 0 saturated heterocycles. The molecule has 1 aromatic rings. The fourth-order valence-corrected chi connectivity index (χ4v) is 2.15. The Morgan fingerprint density at radius 2 is 1.95 bits per heavy atom. The second-order valence-electron chi connectivity index (χ2n) is 6.43. The summed E-state index contributed by atoms with van der Waals surface area (Å²) >= 11 is 3.48. The molecular formula is C16H26BrNO2. The van der Waals surface area contributed by atoms with Gasteiger partial charge in [0.1, 0.15) is 18.5 Å². The number of rotatable bonds is 6. The van der Waals surface area contributed by atoms with E-state index >= 15 is 0 Å². The van der Waals surface area contributed by atoms with Crippen LogP contribution in [-0.2, 0) is 0 Å². The van der Waals surface area contributed by atoms with E-state index in [1.54, 1.807) is 0 Å². The van der Waals surface area contributed by atoms with E-state index in [0.717, 1.165) is 15.8 Å². The first kappa shape index (κ1) is 17.5. The van der Waals surface area contributed by atoms with Crippen LogP contribution in [0.5, 0.6) is 5.75 Å². The Morgan fingerprint density at radius 1 is 1.30 bits per heavy atom. The van der Waals surface area contributed by atoms with Crippen molar-refractivity contribution in [2.75, 3.05) is 13.2 Å². The molecule has 4 heteroatoms. The lowest BCUT2D eigenvalue weighted by atomic mass is 10.0. The van der Waals surface area contributed by atoms with Gasteiger partial charge in [-0.3, -0.25) is 0 Å². The van der Waals surface area contributed by atoms with Gasteiger partial charge in [-0.25, -0.2) is 0 Å². The molecule has 0 aliphatic heterocycles. The second kappa shape index (κ2) is 7.43. The summed E-state index contributed by atoms with van der Waals surface area (Å²) in [7, 11) is 0. The molecule has 1 aromatic carbocycles. The SMILES string of the molecule is CC(C)c1cc(Br)ccc1OCC(O)CNC(C)(C)C. The van der Waals surface area contributed by atoms with Crippen LogP contribution in [0.15, 0.2) is 22.7 Å². The van der Waals surface area contributed by atoms with Crippen molar-refractivity contribution in [3.8, 4) is 5.75 Å². The van der Waals surface area contributed by atoms with Gasteiger partial charge < -0.3 is 15.2 Å². The quantitative estimate of drug-likeness (QED) is 0.827. The third-order valence-electron chi connectivity index (χ3n) is 2.89. The fraction of sp³-hybridized carbons (Fsp3) is 0.625. The molecule has 1 atom stereocenters. The first-order chi connectivity index (χ1) is 9.19. The van der Waals surface area contributed by atoms with Crippen molar-refractivity contribution in [1.82, 2.24) is 5.32 Å². The van der Waals surface area contributed by atoms with Crippen molar-refractivity contribution in [1.29, 1.82) is 0 Å². The molecule has 1 rings (SSSR count). The second-order valence-corrected chi connectivity index (χ2v) is 7.35. The Balaban J connectivity index is 2.57. The Hall–Kier alpha value is -0.580. The lowest BCUT2D eigenvalue weighted by molar-refractivity contribution is 0.0994. The molecule has 0 aliphatic rings. The molecule has 0 fully saturated rings. The fourth-order valence-electron chi connectivity index (χ4n) is 1.77. The van der Waals surface area contributed by atoms with Gasteiger partial charge >= 0.3 is 0 Å². The highest BCUT2D eigenvalue weighted by atomic mass is 79.9. The standard InChI is InChI=1S/C16H26BrNO2/c1-11(2)14-8-12(17)6-7-15(14)20-10-13(19)9-18-16(3,4)5/h6-8,11,13,18-19H,9-10H2,1-5H3. The maximum atomic E-state index is 9.96. The highest BCUT2D eigenvalue weighted by Gasteiger charge is 2.14. The third kappa shape index (κ3) is 6.25. The van der Waals surface area contributed by atoms with Gasteiger partial charge in [-0.15, -0.1) is 0 Å². The lowest BCUT2D eigenvalue weighted by Gasteiger charge is -2.23. The van der Waals surface area contributed by atoms with Gasteiger partial charge in [0.15, 0.2) is 0 Å². The summed E-state index contributed by atoms with van der Waals surface area (Å²) in [5, 5.41) is 13.2. The molecule has 0 heterocycles. The minimum Gasteiger partial charge on any atom is -0.491 e. The molecule has 0 aromatic heterocycles. The summed E-state index contributed by atoms with van der Waals surface area (Å²) in [5.41, 5.74) is 1.15. The highest BCUT2D eigenvalue weighted by Crippen LogP contribution is 2.29. The lowest BCUT2D eigenvalue weighted by Crippen LogP contribution is -2.42. The number of nitrogens with one attached hydrogen (secondary N) is 1. The third-order valence-corrected chi connectivity index (χ3v) is 3.39. The molecule has 0 bridgehead atoms. The van der Waals surface area contributed by atoms with Gasteiger partial charge in [-0.1, -0.05) is 29.8 Å². The zero-order valence-corrected chi connectivity index (χ0v) is 14.6. The minimum absolute atomic E-state index is 0.00167. The van der Waals surface area contributed by atoms with E-state index < -0.39 is 6.10 Å². The van der Waals surface area contributed by atoms with Gasteiger partial charge in [-0.05, 0) is 50.5 Å². The number of hydrogen-bond acceptors (Lipinski definition) is 3. The molecule has 0 amide bonds. The molecule has 1 unspecified atom stereocenters. The van der Waals surface area contributed by atoms with Crippen molar-refractivity contribution < 1.29 is 9.84 Å². The molecular weight excluding hydrogens is 318 g/mol. The van der Waals surface area contributed by atoms with Crippen molar-refractivity contribution >= 4 is 15.9 Å². The number of β-amino-alcohol motifs (C(OH)–C–C–N with tert-alkyl or cyclic N) is 1. The molecule has 20 heavy (non-hydrogen) atoms. The summed E-state index contributed by atoms with van der Waals surface area (Å²) in [6.45, 7) is 11.3. The number of halogens is 1. The predicted molar refractivity (Wildman–Crippen MR) is 87.5 cm³/mol. The largest absolute Gasteiger partial charge is 0.491 e. The normalized spacial score (nSPS) is 13.6. The zero-order valence-electron chi connectivity index (χ0n) is 13.0. The number of ether oxygens (including phenoxy) is 1. The number of aliphatic hydroxyl groups is 1. The van der Waals surface area contributed by atoms with E-state index in [2.05, 4.69) is 61.9 Å². The van der Waals surface area contributed by atoms with E-state index in [0.29, 0.717) is 19.1 Å². The molecule has 0 saturated carbocycles. The Bertz CT molecular complexity index is 427. The maximum Gasteiger partial charge on any atom is 0.122 e. The van der Waals surface area contributed by atoms with Gasteiger partial charge in [0.25, 0.3) is 0 Å². The molecule has 2 N–H and O–H groups in total. The highest BCUT2D eigenvalue weighted by molar-refractivity contribution is 9.10. The van der Waals surface area contributed by atoms with Crippen LogP contribution in [0.25, 0.3) is 0 Å². The number of aliphatic hydroxyl groups excluding tert-OH is 1. The molecule has 0 radical (unpaired) electrons. The summed E-state index contributed by atoms with van der Waals surface area (Å²) in [4.78, 5) is 0. The van der Waals surface area contributed by atoms with E-state index in [9.17, 15) is 5.11 Å². The van der Waals surface area contributed by atoms with E-state index in [1.165, 1.54) is 0 Å². The Labute approximate surface area is 130 Å². The van der Waals surface area contributed by atoms with Crippen LogP contribution >= 0.6 is 15.9 Å². The Kier molecular flexibility index (Phi) is 6.49. The van der Waals surface area contributed by atoms with Crippen molar-refractivity contribution in [2.24, 2.45) is 0 Å². The van der Waals surface area contributed by atoms with Crippen LogP contribution in [0.3, 0.4) is 0 Å². The summed E-state index contributed by atoms with van der Waals surface area (Å²) < 4.78 is 6.81. The number of benzene rings is 1. The average molecular weight is 344 g/mol. The summed E-state index contributed by atoms with van der Waals surface area (Å²) in [5.74, 6) is 1.23. The van der Waals surface area contributed by atoms with Crippen LogP contribution in [0.1, 0.15) is 46.1 Å². The first-order valence-electron chi connectivity index (χ1n) is 7.04. The maximum absolute atomic E-state index is 9.96. The van der Waals surface area contributed by atoms with E-state index in [4.69, 9.17) is 4.74 Å². The van der Waals surface area contributed by atoms with Gasteiger partial charge in [-0.2, -0.15) is 0 Å². The van der Waals surface area contributed by atoms with Gasteiger partial charge in [0, 0.05) is 16.6 Å². The van der Waals surface area contributed by atoms with Gasteiger partial charge in [0.05, 0.1) is 0 Å². The van der Waals surface area contributed by atoms with Crippen LogP contribution in [0.4, 0.5) is 0 Å². The minimum atomic E-state index is -0.516. The topological polar surface area (TPSA) is 41.5 Å². The van der Waals surface area contributed by atoms with Crippen molar-refractivity contribution in [3.05, 3.63) is 28.2 Å². The van der Waals surface area contributed by atoms with E-state index in [1.807, 2.05) is 12.1 Å². The number of hydrogen-bond donors (Lipinski definition) is 2. The van der Waals surface area contributed by atoms with Crippen molar-refractivity contribution in [2.45, 2.75) is 52.2 Å². The van der Waals surface area contributed by atoms with Crippen LogP contribution in [-0.4, -0.2) is 29.9 Å². The summed E-state index contributed by atoms with van der Waals surface area (Å²) in [6, 6.07) is 5.98. The van der Waals surface area contributed by atoms with Gasteiger partial charge in [0.2, 0.25) is 0 Å². The van der Waals surface area contributed by atoms with E-state index in [-0.39, 0.29) is 5.54 Å².